The quantitative estimate of drug-likeness (QED) is 0.748. The van der Waals surface area contributed by atoms with E-state index in [4.69, 9.17) is 0 Å². The summed E-state index contributed by atoms with van der Waals surface area (Å²) < 4.78 is 0. The number of hydrogen-bond donors (Lipinski definition) is 3. The Hall–Kier alpha value is -3.15. The molecule has 0 saturated carbocycles. The van der Waals surface area contributed by atoms with Crippen molar-refractivity contribution in [2.45, 2.75) is 13.3 Å². The van der Waals surface area contributed by atoms with Gasteiger partial charge in [0.05, 0.1) is 13.0 Å². The van der Waals surface area contributed by atoms with Crippen LogP contribution in [0.3, 0.4) is 0 Å². The number of anilines is 1. The molecule has 3 amide bonds. The second-order valence-electron chi connectivity index (χ2n) is 5.60. The van der Waals surface area contributed by atoms with Crippen molar-refractivity contribution < 1.29 is 14.4 Å². The van der Waals surface area contributed by atoms with Crippen LogP contribution in [0.1, 0.15) is 21.5 Å². The smallest absolute Gasteiger partial charge is 0.251 e. The molecule has 0 unspecified atom stereocenters. The molecule has 0 aliphatic heterocycles. The molecule has 0 aromatic heterocycles. The maximum absolute atomic E-state index is 12.0. The van der Waals surface area contributed by atoms with E-state index in [1.54, 1.807) is 25.2 Å². The third kappa shape index (κ3) is 5.46. The second kappa shape index (κ2) is 8.63. The number of benzene rings is 2. The zero-order valence-corrected chi connectivity index (χ0v) is 14.3. The van der Waals surface area contributed by atoms with Crippen LogP contribution in [0.15, 0.2) is 48.5 Å². The average molecular weight is 339 g/mol. The van der Waals surface area contributed by atoms with Gasteiger partial charge in [0.25, 0.3) is 5.91 Å². The molecule has 6 heteroatoms. The van der Waals surface area contributed by atoms with Gasteiger partial charge in [-0.1, -0.05) is 36.4 Å². The van der Waals surface area contributed by atoms with E-state index in [-0.39, 0.29) is 30.7 Å². The standard InChI is InChI=1S/C19H21N3O3/c1-13-8-9-15(19(25)20-2)11-16(13)22-18(24)12-21-17(23)10-14-6-4-3-5-7-14/h3-9,11H,10,12H2,1-2H3,(H,20,25)(H,21,23)(H,22,24). The summed E-state index contributed by atoms with van der Waals surface area (Å²) in [7, 11) is 1.54. The lowest BCUT2D eigenvalue weighted by Gasteiger charge is -2.11. The molecule has 6 nitrogen and oxygen atoms in total. The van der Waals surface area contributed by atoms with Crippen molar-refractivity contribution in [1.29, 1.82) is 0 Å². The van der Waals surface area contributed by atoms with Gasteiger partial charge in [0.2, 0.25) is 11.8 Å². The largest absolute Gasteiger partial charge is 0.355 e. The van der Waals surface area contributed by atoms with E-state index >= 15 is 0 Å². The molecule has 0 fully saturated rings. The van der Waals surface area contributed by atoms with Crippen molar-refractivity contribution in [3.8, 4) is 0 Å². The summed E-state index contributed by atoms with van der Waals surface area (Å²) in [4.78, 5) is 35.6. The Labute approximate surface area is 146 Å². The summed E-state index contributed by atoms with van der Waals surface area (Å²) in [6.45, 7) is 1.70. The molecule has 2 aromatic carbocycles. The van der Waals surface area contributed by atoms with Crippen molar-refractivity contribution in [2.75, 3.05) is 18.9 Å². The number of amides is 3. The Bertz CT molecular complexity index is 773. The van der Waals surface area contributed by atoms with Crippen LogP contribution in [0.25, 0.3) is 0 Å². The molecule has 2 aromatic rings. The lowest BCUT2D eigenvalue weighted by molar-refractivity contribution is -0.123. The monoisotopic (exact) mass is 339 g/mol. The van der Waals surface area contributed by atoms with E-state index in [1.165, 1.54) is 0 Å². The van der Waals surface area contributed by atoms with Gasteiger partial charge in [-0.25, -0.2) is 0 Å². The molecule has 0 atom stereocenters. The number of carbonyl (C=O) groups is 3. The van der Waals surface area contributed by atoms with Crippen LogP contribution in [0, 0.1) is 6.92 Å². The van der Waals surface area contributed by atoms with Crippen LogP contribution < -0.4 is 16.0 Å². The maximum Gasteiger partial charge on any atom is 0.251 e. The molecule has 0 aliphatic carbocycles. The van der Waals surface area contributed by atoms with Crippen molar-refractivity contribution >= 4 is 23.4 Å². The summed E-state index contributed by atoms with van der Waals surface area (Å²) in [6, 6.07) is 14.4. The Morgan fingerprint density at radius 3 is 2.36 bits per heavy atom. The lowest BCUT2D eigenvalue weighted by Crippen LogP contribution is -2.34. The van der Waals surface area contributed by atoms with Crippen molar-refractivity contribution in [3.05, 3.63) is 65.2 Å². The summed E-state index contributed by atoms with van der Waals surface area (Å²) in [5.74, 6) is -0.803. The summed E-state index contributed by atoms with van der Waals surface area (Å²) >= 11 is 0. The summed E-state index contributed by atoms with van der Waals surface area (Å²) in [5.41, 5.74) is 2.71. The van der Waals surface area contributed by atoms with Gasteiger partial charge in [-0.15, -0.1) is 0 Å². The zero-order valence-electron chi connectivity index (χ0n) is 14.3. The highest BCUT2D eigenvalue weighted by Gasteiger charge is 2.10. The normalized spacial score (nSPS) is 10.0. The van der Waals surface area contributed by atoms with Gasteiger partial charge in [-0.05, 0) is 30.2 Å². The van der Waals surface area contributed by atoms with Gasteiger partial charge < -0.3 is 16.0 Å². The first-order valence-corrected chi connectivity index (χ1v) is 7.93. The molecule has 0 heterocycles. The average Bonchev–Trinajstić information content (AvgIpc) is 2.62. The molecule has 3 N–H and O–H groups in total. The van der Waals surface area contributed by atoms with Gasteiger partial charge in [0.15, 0.2) is 0 Å². The fraction of sp³-hybridized carbons (Fsp3) is 0.211. The molecule has 130 valence electrons. The third-order valence-electron chi connectivity index (χ3n) is 3.65. The minimum absolute atomic E-state index is 0.130. The van der Waals surface area contributed by atoms with Crippen molar-refractivity contribution in [3.63, 3.8) is 0 Å². The Morgan fingerprint density at radius 2 is 1.68 bits per heavy atom. The minimum Gasteiger partial charge on any atom is -0.355 e. The van der Waals surface area contributed by atoms with Crippen LogP contribution in [0.4, 0.5) is 5.69 Å². The minimum atomic E-state index is -0.349. The Kier molecular flexibility index (Phi) is 6.28. The highest BCUT2D eigenvalue weighted by atomic mass is 16.2. The number of carbonyl (C=O) groups excluding carboxylic acids is 3. The van der Waals surface area contributed by atoms with Crippen LogP contribution in [-0.4, -0.2) is 31.3 Å². The number of nitrogens with one attached hydrogen (secondary N) is 3. The zero-order chi connectivity index (χ0) is 18.2. The molecule has 0 saturated heterocycles. The van der Waals surface area contributed by atoms with Gasteiger partial charge >= 0.3 is 0 Å². The van der Waals surface area contributed by atoms with E-state index in [0.29, 0.717) is 11.3 Å². The first-order chi connectivity index (χ1) is 12.0. The Balaban J connectivity index is 1.89. The third-order valence-corrected chi connectivity index (χ3v) is 3.65. The van der Waals surface area contributed by atoms with Crippen molar-refractivity contribution in [2.24, 2.45) is 0 Å². The predicted octanol–water partition coefficient (Wildman–Crippen LogP) is 1.65. The first-order valence-electron chi connectivity index (χ1n) is 7.93. The fourth-order valence-corrected chi connectivity index (χ4v) is 2.26. The SMILES string of the molecule is CNC(=O)c1ccc(C)c(NC(=O)CNC(=O)Cc2ccccc2)c1. The number of hydrogen-bond acceptors (Lipinski definition) is 3. The van der Waals surface area contributed by atoms with Crippen LogP contribution >= 0.6 is 0 Å². The topological polar surface area (TPSA) is 87.3 Å². The molecule has 2 rings (SSSR count). The van der Waals surface area contributed by atoms with Crippen LogP contribution in [0.2, 0.25) is 0 Å². The fourth-order valence-electron chi connectivity index (χ4n) is 2.26. The van der Waals surface area contributed by atoms with Gasteiger partial charge in [0, 0.05) is 18.3 Å². The van der Waals surface area contributed by atoms with Crippen LogP contribution in [-0.2, 0) is 16.0 Å². The van der Waals surface area contributed by atoms with Crippen molar-refractivity contribution in [1.82, 2.24) is 10.6 Å². The highest BCUT2D eigenvalue weighted by Crippen LogP contribution is 2.16. The van der Waals surface area contributed by atoms with Gasteiger partial charge in [-0.2, -0.15) is 0 Å². The van der Waals surface area contributed by atoms with Gasteiger partial charge in [-0.3, -0.25) is 14.4 Å². The molecule has 25 heavy (non-hydrogen) atoms. The van der Waals surface area contributed by atoms with E-state index in [2.05, 4.69) is 16.0 Å². The molecule has 0 radical (unpaired) electrons. The summed E-state index contributed by atoms with van der Waals surface area (Å²) in [6.07, 6.45) is 0.222. The molecular formula is C19H21N3O3. The van der Waals surface area contributed by atoms with Gasteiger partial charge in [0.1, 0.15) is 0 Å². The molecular weight excluding hydrogens is 318 g/mol. The first kappa shape index (κ1) is 18.2. The molecule has 0 spiro atoms. The summed E-state index contributed by atoms with van der Waals surface area (Å²) in [5, 5.41) is 7.84. The van der Waals surface area contributed by atoms with E-state index in [1.807, 2.05) is 37.3 Å². The molecule has 0 bridgehead atoms. The number of rotatable bonds is 6. The lowest BCUT2D eigenvalue weighted by atomic mass is 10.1. The predicted molar refractivity (Wildman–Crippen MR) is 96.4 cm³/mol. The number of aryl methyl sites for hydroxylation is 1. The highest BCUT2D eigenvalue weighted by molar-refractivity contribution is 5.98. The van der Waals surface area contributed by atoms with Crippen LogP contribution in [0.5, 0.6) is 0 Å². The van der Waals surface area contributed by atoms with E-state index in [9.17, 15) is 14.4 Å². The van der Waals surface area contributed by atoms with E-state index in [0.717, 1.165) is 11.1 Å². The molecule has 0 aliphatic rings. The maximum atomic E-state index is 12.0. The second-order valence-corrected chi connectivity index (χ2v) is 5.60. The Morgan fingerprint density at radius 1 is 0.960 bits per heavy atom. The van der Waals surface area contributed by atoms with E-state index < -0.39 is 0 Å².